The van der Waals surface area contributed by atoms with Gasteiger partial charge in [-0.1, -0.05) is 131 Å². The quantitative estimate of drug-likeness (QED) is 0.124. The molecule has 2 aliphatic heterocycles. The maximum atomic E-state index is 3.53. The summed E-state index contributed by atoms with van der Waals surface area (Å²) in [5.74, 6) is 0. The van der Waals surface area contributed by atoms with Crippen LogP contribution in [0.3, 0.4) is 0 Å². The molecule has 0 aromatic heterocycles. The molecule has 5 aromatic carbocycles. The summed E-state index contributed by atoms with van der Waals surface area (Å²) in [5, 5.41) is 5.20. The van der Waals surface area contributed by atoms with Crippen LogP contribution in [-0.4, -0.2) is 24.4 Å². The second-order valence-corrected chi connectivity index (χ2v) is 13.6. The van der Waals surface area contributed by atoms with Crippen LogP contribution in [0, 0.1) is 0 Å². The summed E-state index contributed by atoms with van der Waals surface area (Å²) in [5.41, 5.74) is 9.03. The molecule has 0 radical (unpaired) electrons. The van der Waals surface area contributed by atoms with Crippen molar-refractivity contribution < 1.29 is 4.58 Å². The normalized spacial score (nSPS) is 22.0. The van der Waals surface area contributed by atoms with Crippen LogP contribution in [0.25, 0.3) is 21.5 Å². The molecule has 7 rings (SSSR count). The number of rotatable bonds is 7. The van der Waals surface area contributed by atoms with Gasteiger partial charge in [-0.15, -0.1) is 0 Å². The first kappa shape index (κ1) is 30.2. The first-order chi connectivity index (χ1) is 22.4. The fourth-order valence-corrected chi connectivity index (χ4v) is 8.25. The van der Waals surface area contributed by atoms with Crippen molar-refractivity contribution in [1.29, 1.82) is 0 Å². The van der Waals surface area contributed by atoms with E-state index in [9.17, 15) is 0 Å². The molecular formula is C43H40BrN2+. The van der Waals surface area contributed by atoms with Crippen molar-refractivity contribution in [1.82, 2.24) is 0 Å². The summed E-state index contributed by atoms with van der Waals surface area (Å²) in [4.78, 5) is 4.36. The molecule has 0 fully saturated rings. The van der Waals surface area contributed by atoms with E-state index >= 15 is 0 Å². The summed E-state index contributed by atoms with van der Waals surface area (Å²) < 4.78 is 2.42. The Labute approximate surface area is 281 Å². The molecule has 0 N–H and O–H groups in total. The summed E-state index contributed by atoms with van der Waals surface area (Å²) in [7, 11) is 4.43. The van der Waals surface area contributed by atoms with Crippen molar-refractivity contribution in [3.05, 3.63) is 167 Å². The van der Waals surface area contributed by atoms with Crippen molar-refractivity contribution in [2.75, 3.05) is 19.0 Å². The highest BCUT2D eigenvalue weighted by atomic mass is 79.9. The average molecular weight is 665 g/mol. The van der Waals surface area contributed by atoms with Crippen molar-refractivity contribution in [2.45, 2.75) is 37.5 Å². The number of benzene rings is 5. The topological polar surface area (TPSA) is 6.25 Å². The van der Waals surface area contributed by atoms with Crippen molar-refractivity contribution in [2.24, 2.45) is 0 Å². The van der Waals surface area contributed by atoms with Gasteiger partial charge in [0.05, 0.1) is 10.8 Å². The van der Waals surface area contributed by atoms with Crippen molar-refractivity contribution in [3.63, 3.8) is 0 Å². The molecule has 5 aromatic rings. The zero-order chi connectivity index (χ0) is 31.9. The number of anilines is 1. The molecule has 0 saturated carbocycles. The molecule has 0 spiro atoms. The van der Waals surface area contributed by atoms with E-state index in [1.54, 1.807) is 0 Å². The zero-order valence-corrected chi connectivity index (χ0v) is 28.6. The number of fused-ring (bicyclic) bond motifs is 6. The monoisotopic (exact) mass is 663 g/mol. The third kappa shape index (κ3) is 4.89. The largest absolute Gasteiger partial charge is 0.347 e. The van der Waals surface area contributed by atoms with E-state index in [0.29, 0.717) is 0 Å². The molecule has 3 heteroatoms. The molecule has 0 saturated heterocycles. The van der Waals surface area contributed by atoms with E-state index in [1.807, 2.05) is 4.99 Å². The Morgan fingerprint density at radius 1 is 0.739 bits per heavy atom. The highest BCUT2D eigenvalue weighted by Gasteiger charge is 2.47. The number of nitrogens with zero attached hydrogens (tertiary/aromatic N) is 2. The Kier molecular flexibility index (Phi) is 7.90. The van der Waals surface area contributed by atoms with Gasteiger partial charge in [0.2, 0.25) is 5.69 Å². The van der Waals surface area contributed by atoms with Crippen LogP contribution in [-0.2, 0) is 17.3 Å². The Hall–Kier alpha value is -4.47. The number of allylic oxidation sites excluding steroid dienone is 7. The third-order valence-corrected chi connectivity index (χ3v) is 10.6. The Morgan fingerprint density at radius 3 is 2.17 bits per heavy atom. The minimum Gasteiger partial charge on any atom is -0.347 e. The fourth-order valence-electron chi connectivity index (χ4n) is 8.06. The van der Waals surface area contributed by atoms with Gasteiger partial charge >= 0.3 is 0 Å². The summed E-state index contributed by atoms with van der Waals surface area (Å²) in [6, 6.07) is 37.5. The van der Waals surface area contributed by atoms with Gasteiger partial charge in [-0.3, -0.25) is 0 Å². The van der Waals surface area contributed by atoms with Gasteiger partial charge in [-0.05, 0) is 77.2 Å². The van der Waals surface area contributed by atoms with E-state index in [1.165, 1.54) is 61.0 Å². The van der Waals surface area contributed by atoms with Crippen LogP contribution >= 0.6 is 15.9 Å². The average Bonchev–Trinajstić information content (AvgIpc) is 3.43. The molecule has 2 aliphatic rings. The lowest BCUT2D eigenvalue weighted by atomic mass is 9.74. The van der Waals surface area contributed by atoms with Gasteiger partial charge in [0.15, 0.2) is 5.71 Å². The van der Waals surface area contributed by atoms with E-state index in [2.05, 4.69) is 193 Å². The van der Waals surface area contributed by atoms with Gasteiger partial charge in [0, 0.05) is 35.5 Å². The van der Waals surface area contributed by atoms with Crippen LogP contribution in [0.2, 0.25) is 0 Å². The van der Waals surface area contributed by atoms with Crippen molar-refractivity contribution >= 4 is 54.6 Å². The molecule has 46 heavy (non-hydrogen) atoms. The molecular weight excluding hydrogens is 624 g/mol. The highest BCUT2D eigenvalue weighted by molar-refractivity contribution is 9.11. The highest BCUT2D eigenvalue weighted by Crippen LogP contribution is 2.52. The van der Waals surface area contributed by atoms with Gasteiger partial charge < -0.3 is 4.90 Å². The molecule has 2 heterocycles. The lowest BCUT2D eigenvalue weighted by Crippen LogP contribution is -2.33. The minimum atomic E-state index is -0.159. The molecule has 2 unspecified atom stereocenters. The molecule has 0 bridgehead atoms. The Morgan fingerprint density at radius 2 is 1.41 bits per heavy atom. The summed E-state index contributed by atoms with van der Waals surface area (Å²) in [6.45, 7) is 4.78. The van der Waals surface area contributed by atoms with Gasteiger partial charge in [-0.2, -0.15) is 4.58 Å². The standard InChI is InChI=1S/C43H40BrN2/c1-42(28-15-29-44)38(45(3)37-27-25-32-18-11-13-20-34(32)40(37)42)22-9-6-10-23-39-43(2,30-31-16-7-5-8-17-31)36-26-24-33-19-12-14-21-35(33)41(36)46(39)4/h5-27,29H,28,30H2,1-4H3/q+1/b29-15+. The predicted octanol–water partition coefficient (Wildman–Crippen LogP) is 10.9. The van der Waals surface area contributed by atoms with Crippen molar-refractivity contribution in [3.8, 4) is 0 Å². The van der Waals surface area contributed by atoms with E-state index in [0.717, 1.165) is 12.8 Å². The molecule has 0 amide bonds. The second-order valence-electron chi connectivity index (χ2n) is 13.1. The molecule has 228 valence electrons. The van der Waals surface area contributed by atoms with Gasteiger partial charge in [0.25, 0.3) is 0 Å². The predicted molar refractivity (Wildman–Crippen MR) is 201 cm³/mol. The van der Waals surface area contributed by atoms with Gasteiger partial charge in [0.1, 0.15) is 7.05 Å². The van der Waals surface area contributed by atoms with Crippen LogP contribution < -0.4 is 4.90 Å². The maximum absolute atomic E-state index is 3.53. The number of likely N-dealkylation sites (N-methyl/N-ethyl adjacent to an activating group) is 1. The lowest BCUT2D eigenvalue weighted by molar-refractivity contribution is -0.399. The molecule has 0 aliphatic carbocycles. The smallest absolute Gasteiger partial charge is 0.217 e. The van der Waals surface area contributed by atoms with E-state index in [4.69, 9.17) is 0 Å². The number of halogens is 1. The Bertz CT molecular complexity index is 2120. The van der Waals surface area contributed by atoms with Crippen LogP contribution in [0.15, 0.2) is 150 Å². The molecule has 2 nitrogen and oxygen atoms in total. The first-order valence-corrected chi connectivity index (χ1v) is 17.0. The van der Waals surface area contributed by atoms with E-state index in [-0.39, 0.29) is 10.8 Å². The molecule has 2 atom stereocenters. The van der Waals surface area contributed by atoms with Crippen LogP contribution in [0.1, 0.15) is 37.0 Å². The van der Waals surface area contributed by atoms with Crippen LogP contribution in [0.4, 0.5) is 11.4 Å². The zero-order valence-electron chi connectivity index (χ0n) is 27.0. The second kappa shape index (κ2) is 12.0. The minimum absolute atomic E-state index is 0.152. The van der Waals surface area contributed by atoms with E-state index < -0.39 is 0 Å². The summed E-state index contributed by atoms with van der Waals surface area (Å²) >= 11 is 3.53. The maximum Gasteiger partial charge on any atom is 0.217 e. The summed E-state index contributed by atoms with van der Waals surface area (Å²) in [6.07, 6.45) is 15.3. The Balaban J connectivity index is 1.26. The number of hydrogen-bond acceptors (Lipinski definition) is 1. The van der Waals surface area contributed by atoms with Crippen LogP contribution in [0.5, 0.6) is 0 Å². The lowest BCUT2D eigenvalue weighted by Gasteiger charge is -2.28. The third-order valence-electron chi connectivity index (χ3n) is 10.3. The number of hydrogen-bond donors (Lipinski definition) is 0. The van der Waals surface area contributed by atoms with Gasteiger partial charge in [-0.25, -0.2) is 0 Å². The first-order valence-electron chi connectivity index (χ1n) is 16.1. The fraction of sp³-hybridized carbons (Fsp3) is 0.186. The SMILES string of the molecule is CN1/C(=C/C=C/C=C/C2=[N+](C)c3c(ccc4ccccc34)C2(C)Cc2ccccc2)C(C)(C/C=C/Br)c2c1ccc1ccccc21.